The van der Waals surface area contributed by atoms with Crippen LogP contribution in [0.2, 0.25) is 10.0 Å². The molecule has 1 aromatic heterocycles. The Bertz CT molecular complexity index is 471. The Kier molecular flexibility index (Phi) is 4.80. The van der Waals surface area contributed by atoms with Gasteiger partial charge in [-0.15, -0.1) is 11.3 Å². The van der Waals surface area contributed by atoms with Crippen LogP contribution in [0.25, 0.3) is 0 Å². The number of nitrogens with zero attached hydrogens (tertiary/aromatic N) is 1. The minimum absolute atomic E-state index is 0.595. The van der Waals surface area contributed by atoms with Gasteiger partial charge in [0.05, 0.1) is 21.2 Å². The fourth-order valence-electron chi connectivity index (χ4n) is 1.46. The standard InChI is InChI=1S/C12H12Cl2N2S/c13-11-2-1-9(5-12(11)14)6-15-4-3-10-7-17-8-16-10/h1-2,5,7-8,15H,3-4,6H2. The molecule has 1 N–H and O–H groups in total. The normalized spacial score (nSPS) is 10.7. The lowest BCUT2D eigenvalue weighted by atomic mass is 10.2. The third-order valence-electron chi connectivity index (χ3n) is 2.35. The second-order valence-electron chi connectivity index (χ2n) is 3.66. The van der Waals surface area contributed by atoms with Crippen LogP contribution in [0.15, 0.2) is 29.1 Å². The molecule has 5 heteroatoms. The van der Waals surface area contributed by atoms with Crippen molar-refractivity contribution in [2.75, 3.05) is 6.54 Å². The van der Waals surface area contributed by atoms with E-state index in [1.54, 1.807) is 11.3 Å². The first-order chi connectivity index (χ1) is 8.25. The highest BCUT2D eigenvalue weighted by Gasteiger charge is 1.99. The molecule has 2 aromatic rings. The third kappa shape index (κ3) is 3.96. The monoisotopic (exact) mass is 286 g/mol. The molecule has 0 fully saturated rings. The van der Waals surface area contributed by atoms with Crippen molar-refractivity contribution in [3.8, 4) is 0 Å². The topological polar surface area (TPSA) is 24.9 Å². The maximum absolute atomic E-state index is 5.94. The zero-order valence-corrected chi connectivity index (χ0v) is 11.4. The summed E-state index contributed by atoms with van der Waals surface area (Å²) in [5.74, 6) is 0. The highest BCUT2D eigenvalue weighted by molar-refractivity contribution is 7.07. The Labute approximate surface area is 115 Å². The predicted molar refractivity (Wildman–Crippen MR) is 74.0 cm³/mol. The smallest absolute Gasteiger partial charge is 0.0794 e. The van der Waals surface area contributed by atoms with Gasteiger partial charge in [-0.2, -0.15) is 0 Å². The number of hydrogen-bond acceptors (Lipinski definition) is 3. The molecule has 0 aliphatic rings. The number of benzene rings is 1. The van der Waals surface area contributed by atoms with Crippen LogP contribution < -0.4 is 5.32 Å². The summed E-state index contributed by atoms with van der Waals surface area (Å²) in [6.07, 6.45) is 0.949. The van der Waals surface area contributed by atoms with Crippen molar-refractivity contribution in [2.45, 2.75) is 13.0 Å². The molecule has 0 aliphatic heterocycles. The van der Waals surface area contributed by atoms with E-state index in [-0.39, 0.29) is 0 Å². The minimum Gasteiger partial charge on any atom is -0.312 e. The molecule has 0 saturated heterocycles. The van der Waals surface area contributed by atoms with Gasteiger partial charge in [0.2, 0.25) is 0 Å². The van der Waals surface area contributed by atoms with Crippen molar-refractivity contribution in [2.24, 2.45) is 0 Å². The van der Waals surface area contributed by atoms with Gasteiger partial charge in [-0.25, -0.2) is 4.98 Å². The Morgan fingerprint density at radius 1 is 1.24 bits per heavy atom. The molecule has 90 valence electrons. The molecule has 17 heavy (non-hydrogen) atoms. The molecular formula is C12H12Cl2N2S. The molecule has 0 saturated carbocycles. The summed E-state index contributed by atoms with van der Waals surface area (Å²) in [6.45, 7) is 1.70. The Morgan fingerprint density at radius 2 is 2.12 bits per heavy atom. The van der Waals surface area contributed by atoms with Crippen LogP contribution in [0.4, 0.5) is 0 Å². The van der Waals surface area contributed by atoms with E-state index in [1.807, 2.05) is 23.7 Å². The molecule has 0 amide bonds. The molecule has 0 spiro atoms. The Balaban J connectivity index is 1.76. The summed E-state index contributed by atoms with van der Waals surface area (Å²) >= 11 is 13.4. The van der Waals surface area contributed by atoms with Crippen LogP contribution >= 0.6 is 34.5 Å². The maximum Gasteiger partial charge on any atom is 0.0794 e. The Morgan fingerprint density at radius 3 is 2.82 bits per heavy atom. The van der Waals surface area contributed by atoms with Gasteiger partial charge < -0.3 is 5.32 Å². The van der Waals surface area contributed by atoms with E-state index >= 15 is 0 Å². The average Bonchev–Trinajstić information content (AvgIpc) is 2.82. The third-order valence-corrected chi connectivity index (χ3v) is 3.73. The quantitative estimate of drug-likeness (QED) is 0.846. The molecule has 1 aromatic carbocycles. The maximum atomic E-state index is 5.94. The van der Waals surface area contributed by atoms with E-state index in [0.717, 1.165) is 30.8 Å². The van der Waals surface area contributed by atoms with Gasteiger partial charge in [0.15, 0.2) is 0 Å². The second kappa shape index (κ2) is 6.36. The van der Waals surface area contributed by atoms with Crippen LogP contribution in [0, 0.1) is 0 Å². The van der Waals surface area contributed by atoms with E-state index in [0.29, 0.717) is 10.0 Å². The van der Waals surface area contributed by atoms with Crippen LogP contribution in [-0.4, -0.2) is 11.5 Å². The van der Waals surface area contributed by atoms with Gasteiger partial charge in [0.25, 0.3) is 0 Å². The highest BCUT2D eigenvalue weighted by Crippen LogP contribution is 2.22. The largest absolute Gasteiger partial charge is 0.312 e. The lowest BCUT2D eigenvalue weighted by Gasteiger charge is -2.05. The van der Waals surface area contributed by atoms with Gasteiger partial charge >= 0.3 is 0 Å². The van der Waals surface area contributed by atoms with Crippen molar-refractivity contribution in [3.63, 3.8) is 0 Å². The number of thiazole rings is 1. The molecule has 0 radical (unpaired) electrons. The van der Waals surface area contributed by atoms with Crippen molar-refractivity contribution in [3.05, 3.63) is 50.4 Å². The van der Waals surface area contributed by atoms with Crippen molar-refractivity contribution in [1.29, 1.82) is 0 Å². The first-order valence-corrected chi connectivity index (χ1v) is 6.97. The van der Waals surface area contributed by atoms with Crippen LogP contribution in [0.5, 0.6) is 0 Å². The van der Waals surface area contributed by atoms with Gasteiger partial charge in [0.1, 0.15) is 0 Å². The van der Waals surface area contributed by atoms with Crippen LogP contribution in [0.1, 0.15) is 11.3 Å². The van der Waals surface area contributed by atoms with E-state index in [2.05, 4.69) is 15.7 Å². The van der Waals surface area contributed by atoms with Crippen molar-refractivity contribution < 1.29 is 0 Å². The summed E-state index contributed by atoms with van der Waals surface area (Å²) in [7, 11) is 0. The summed E-state index contributed by atoms with van der Waals surface area (Å²) in [5, 5.41) is 6.62. The zero-order chi connectivity index (χ0) is 12.1. The first kappa shape index (κ1) is 12.8. The van der Waals surface area contributed by atoms with E-state index in [9.17, 15) is 0 Å². The summed E-state index contributed by atoms with van der Waals surface area (Å²) in [5.41, 5.74) is 4.13. The first-order valence-electron chi connectivity index (χ1n) is 5.27. The van der Waals surface area contributed by atoms with Crippen molar-refractivity contribution >= 4 is 34.5 Å². The summed E-state index contributed by atoms with van der Waals surface area (Å²) < 4.78 is 0. The van der Waals surface area contributed by atoms with E-state index in [1.165, 1.54) is 0 Å². The number of halogens is 2. The molecular weight excluding hydrogens is 275 g/mol. The SMILES string of the molecule is Clc1ccc(CNCCc2cscn2)cc1Cl. The molecule has 2 nitrogen and oxygen atoms in total. The average molecular weight is 287 g/mol. The van der Waals surface area contributed by atoms with Crippen molar-refractivity contribution in [1.82, 2.24) is 10.3 Å². The fraction of sp³-hybridized carbons (Fsp3) is 0.250. The number of hydrogen-bond donors (Lipinski definition) is 1. The molecule has 2 rings (SSSR count). The number of rotatable bonds is 5. The lowest BCUT2D eigenvalue weighted by Crippen LogP contribution is -2.16. The zero-order valence-electron chi connectivity index (χ0n) is 9.12. The van der Waals surface area contributed by atoms with E-state index < -0.39 is 0 Å². The Hall–Kier alpha value is -0.610. The predicted octanol–water partition coefficient (Wildman–Crippen LogP) is 3.78. The van der Waals surface area contributed by atoms with Gasteiger partial charge in [0, 0.05) is 24.9 Å². The molecule has 0 unspecified atom stereocenters. The number of aromatic nitrogens is 1. The minimum atomic E-state index is 0.595. The molecule has 1 heterocycles. The van der Waals surface area contributed by atoms with E-state index in [4.69, 9.17) is 23.2 Å². The number of nitrogens with one attached hydrogen (secondary N) is 1. The fourth-order valence-corrected chi connectivity index (χ4v) is 2.37. The second-order valence-corrected chi connectivity index (χ2v) is 5.19. The molecule has 0 bridgehead atoms. The van der Waals surface area contributed by atoms with Gasteiger partial charge in [-0.05, 0) is 17.7 Å². The summed E-state index contributed by atoms with van der Waals surface area (Å²) in [4.78, 5) is 4.23. The highest BCUT2D eigenvalue weighted by atomic mass is 35.5. The van der Waals surface area contributed by atoms with Gasteiger partial charge in [-0.3, -0.25) is 0 Å². The summed E-state index contributed by atoms with van der Waals surface area (Å²) in [6, 6.07) is 5.69. The molecule has 0 aliphatic carbocycles. The molecule has 0 atom stereocenters. The van der Waals surface area contributed by atoms with Crippen LogP contribution in [-0.2, 0) is 13.0 Å². The van der Waals surface area contributed by atoms with Crippen LogP contribution in [0.3, 0.4) is 0 Å². The lowest BCUT2D eigenvalue weighted by molar-refractivity contribution is 0.681. The van der Waals surface area contributed by atoms with Gasteiger partial charge in [-0.1, -0.05) is 29.3 Å².